The van der Waals surface area contributed by atoms with Crippen molar-refractivity contribution in [3.8, 4) is 11.6 Å². The summed E-state index contributed by atoms with van der Waals surface area (Å²) in [4.78, 5) is 28.7. The second kappa shape index (κ2) is 10.3. The van der Waals surface area contributed by atoms with Crippen molar-refractivity contribution in [2.24, 2.45) is 0 Å². The molecule has 3 rings (SSSR count). The zero-order chi connectivity index (χ0) is 20.6. The molecule has 6 nitrogen and oxygen atoms in total. The zero-order valence-electron chi connectivity index (χ0n) is 15.9. The van der Waals surface area contributed by atoms with Gasteiger partial charge in [-0.2, -0.15) is 0 Å². The normalized spacial score (nSPS) is 14.3. The highest BCUT2D eigenvalue weighted by Gasteiger charge is 2.17. The maximum absolute atomic E-state index is 13.2. The van der Waals surface area contributed by atoms with Crippen molar-refractivity contribution < 1.29 is 18.7 Å². The third-order valence-corrected chi connectivity index (χ3v) is 5.34. The number of hydrogen-bond acceptors (Lipinski definition) is 4. The number of amides is 2. The lowest BCUT2D eigenvalue weighted by molar-refractivity contribution is -0.121. The van der Waals surface area contributed by atoms with E-state index in [1.54, 1.807) is 12.1 Å². The molecule has 0 atom stereocenters. The first kappa shape index (κ1) is 21.2. The van der Waals surface area contributed by atoms with E-state index in [9.17, 15) is 14.0 Å². The van der Waals surface area contributed by atoms with Crippen LogP contribution < -0.4 is 15.4 Å². The van der Waals surface area contributed by atoms with Crippen LogP contribution in [0.2, 0.25) is 0 Å². The van der Waals surface area contributed by atoms with Crippen molar-refractivity contribution in [3.63, 3.8) is 0 Å². The summed E-state index contributed by atoms with van der Waals surface area (Å²) in [6.07, 6.45) is 7.28. The Morgan fingerprint density at radius 2 is 2.00 bits per heavy atom. The van der Waals surface area contributed by atoms with E-state index < -0.39 is 11.7 Å². The van der Waals surface area contributed by atoms with Gasteiger partial charge in [0.15, 0.2) is 0 Å². The molecule has 1 aromatic heterocycles. The van der Waals surface area contributed by atoms with Crippen molar-refractivity contribution in [2.75, 3.05) is 6.54 Å². The Hall–Kier alpha value is -2.48. The van der Waals surface area contributed by atoms with Gasteiger partial charge in [-0.15, -0.1) is 0 Å². The first-order valence-corrected chi connectivity index (χ1v) is 10.5. The second-order valence-corrected chi connectivity index (χ2v) is 7.80. The Balaban J connectivity index is 1.54. The van der Waals surface area contributed by atoms with Gasteiger partial charge in [-0.25, -0.2) is 9.37 Å². The molecule has 1 saturated carbocycles. The van der Waals surface area contributed by atoms with E-state index >= 15 is 0 Å². The molecule has 2 amide bonds. The summed E-state index contributed by atoms with van der Waals surface area (Å²) >= 11 is 3.23. The van der Waals surface area contributed by atoms with E-state index in [4.69, 9.17) is 4.74 Å². The molecule has 0 unspecified atom stereocenters. The Labute approximate surface area is 177 Å². The largest absolute Gasteiger partial charge is 0.437 e. The van der Waals surface area contributed by atoms with Crippen LogP contribution in [0.4, 0.5) is 4.39 Å². The first-order chi connectivity index (χ1) is 14.0. The van der Waals surface area contributed by atoms with E-state index in [1.807, 2.05) is 0 Å². The summed E-state index contributed by atoms with van der Waals surface area (Å²) < 4.78 is 19.3. The van der Waals surface area contributed by atoms with Gasteiger partial charge in [0.2, 0.25) is 11.8 Å². The van der Waals surface area contributed by atoms with E-state index in [-0.39, 0.29) is 36.4 Å². The molecule has 1 aromatic carbocycles. The number of nitrogens with one attached hydrogen (secondary N) is 2. The lowest BCUT2D eigenvalue weighted by atomic mass is 9.95. The van der Waals surface area contributed by atoms with Crippen LogP contribution in [0, 0.1) is 5.82 Å². The average molecular weight is 464 g/mol. The fourth-order valence-corrected chi connectivity index (χ4v) is 3.67. The Morgan fingerprint density at radius 1 is 1.21 bits per heavy atom. The highest BCUT2D eigenvalue weighted by atomic mass is 79.9. The van der Waals surface area contributed by atoms with Gasteiger partial charge >= 0.3 is 0 Å². The van der Waals surface area contributed by atoms with Crippen LogP contribution in [0.15, 0.2) is 41.0 Å². The number of aromatic nitrogens is 1. The molecule has 2 N–H and O–H groups in total. The average Bonchev–Trinajstić information content (AvgIpc) is 2.71. The summed E-state index contributed by atoms with van der Waals surface area (Å²) in [7, 11) is 0. The maximum Gasteiger partial charge on any atom is 0.256 e. The van der Waals surface area contributed by atoms with Gasteiger partial charge in [-0.05, 0) is 59.1 Å². The number of pyridine rings is 1. The Bertz CT molecular complexity index is 872. The van der Waals surface area contributed by atoms with Crippen LogP contribution in [-0.4, -0.2) is 29.4 Å². The summed E-state index contributed by atoms with van der Waals surface area (Å²) in [5.41, 5.74) is 0.233. The van der Waals surface area contributed by atoms with Crippen molar-refractivity contribution in [2.45, 2.75) is 44.6 Å². The van der Waals surface area contributed by atoms with E-state index in [1.165, 1.54) is 30.8 Å². The molecule has 1 aliphatic carbocycles. The predicted molar refractivity (Wildman–Crippen MR) is 110 cm³/mol. The maximum atomic E-state index is 13.2. The van der Waals surface area contributed by atoms with Crippen LogP contribution in [0.1, 0.15) is 48.9 Å². The van der Waals surface area contributed by atoms with Gasteiger partial charge in [0.25, 0.3) is 5.91 Å². The lowest BCUT2D eigenvalue weighted by Crippen LogP contribution is -2.38. The smallest absolute Gasteiger partial charge is 0.256 e. The number of nitrogens with zero attached hydrogens (tertiary/aromatic N) is 1. The topological polar surface area (TPSA) is 80.3 Å². The van der Waals surface area contributed by atoms with E-state index in [0.29, 0.717) is 10.2 Å². The molecule has 1 fully saturated rings. The number of benzene rings is 1. The standard InChI is InChI=1S/C21H23BrFN3O3/c22-17-13-14(23)8-9-18(17)29-21-16(7-4-11-25-21)20(28)24-12-10-19(27)26-15-5-2-1-3-6-15/h4,7-9,11,13,15H,1-3,5-6,10,12H2,(H,24,28)(H,26,27). The van der Waals surface area contributed by atoms with Crippen molar-refractivity contribution in [3.05, 3.63) is 52.4 Å². The van der Waals surface area contributed by atoms with Gasteiger partial charge in [0.05, 0.1) is 4.47 Å². The molecule has 8 heteroatoms. The summed E-state index contributed by atoms with van der Waals surface area (Å²) in [5, 5.41) is 5.75. The molecular weight excluding hydrogens is 441 g/mol. The van der Waals surface area contributed by atoms with Crippen LogP contribution >= 0.6 is 15.9 Å². The highest BCUT2D eigenvalue weighted by molar-refractivity contribution is 9.10. The minimum atomic E-state index is -0.408. The zero-order valence-corrected chi connectivity index (χ0v) is 17.5. The highest BCUT2D eigenvalue weighted by Crippen LogP contribution is 2.30. The summed E-state index contributed by atoms with van der Waals surface area (Å²) in [6, 6.07) is 7.43. The van der Waals surface area contributed by atoms with Crippen LogP contribution in [-0.2, 0) is 4.79 Å². The summed E-state index contributed by atoms with van der Waals surface area (Å²) in [6.45, 7) is 0.214. The van der Waals surface area contributed by atoms with Crippen molar-refractivity contribution in [1.82, 2.24) is 15.6 Å². The molecule has 1 heterocycles. The number of halogens is 2. The predicted octanol–water partition coefficient (Wildman–Crippen LogP) is 4.34. The van der Waals surface area contributed by atoms with Gasteiger partial charge in [-0.1, -0.05) is 19.3 Å². The molecule has 29 heavy (non-hydrogen) atoms. The van der Waals surface area contributed by atoms with Gasteiger partial charge in [0.1, 0.15) is 17.1 Å². The Kier molecular flexibility index (Phi) is 7.57. The first-order valence-electron chi connectivity index (χ1n) is 9.68. The molecule has 0 aliphatic heterocycles. The minimum absolute atomic E-state index is 0.0601. The van der Waals surface area contributed by atoms with Gasteiger partial charge < -0.3 is 15.4 Å². The molecule has 154 valence electrons. The van der Waals surface area contributed by atoms with Crippen molar-refractivity contribution in [1.29, 1.82) is 0 Å². The van der Waals surface area contributed by atoms with Gasteiger partial charge in [0, 0.05) is 25.2 Å². The van der Waals surface area contributed by atoms with Gasteiger partial charge in [-0.3, -0.25) is 9.59 Å². The molecule has 1 aliphatic rings. The summed E-state index contributed by atoms with van der Waals surface area (Å²) in [5.74, 6) is -0.420. The lowest BCUT2D eigenvalue weighted by Gasteiger charge is -2.22. The third kappa shape index (κ3) is 6.25. The van der Waals surface area contributed by atoms with E-state index in [2.05, 4.69) is 31.5 Å². The molecule has 0 spiro atoms. The fourth-order valence-electron chi connectivity index (χ4n) is 3.24. The number of rotatable bonds is 7. The SMILES string of the molecule is O=C(CCNC(=O)c1cccnc1Oc1ccc(F)cc1Br)NC1CCCCC1. The molecule has 2 aromatic rings. The number of ether oxygens (including phenoxy) is 1. The molecule has 0 saturated heterocycles. The number of carbonyl (C=O) groups excluding carboxylic acids is 2. The molecule has 0 radical (unpaired) electrons. The third-order valence-electron chi connectivity index (χ3n) is 4.72. The second-order valence-electron chi connectivity index (χ2n) is 6.94. The van der Waals surface area contributed by atoms with Crippen molar-refractivity contribution >= 4 is 27.7 Å². The molecule has 0 bridgehead atoms. The Morgan fingerprint density at radius 3 is 2.76 bits per heavy atom. The molecular formula is C21H23BrFN3O3. The van der Waals surface area contributed by atoms with Crippen LogP contribution in [0.25, 0.3) is 0 Å². The monoisotopic (exact) mass is 463 g/mol. The van der Waals surface area contributed by atoms with E-state index in [0.717, 1.165) is 25.7 Å². The quantitative estimate of drug-likeness (QED) is 0.639. The minimum Gasteiger partial charge on any atom is -0.437 e. The number of carbonyl (C=O) groups is 2. The van der Waals surface area contributed by atoms with Crippen LogP contribution in [0.3, 0.4) is 0 Å². The van der Waals surface area contributed by atoms with Crippen LogP contribution in [0.5, 0.6) is 11.6 Å². The number of hydrogen-bond donors (Lipinski definition) is 2. The fraction of sp³-hybridized carbons (Fsp3) is 0.381.